The third kappa shape index (κ3) is 3.91. The average Bonchev–Trinajstić information content (AvgIpc) is 3.03. The van der Waals surface area contributed by atoms with Crippen molar-refractivity contribution in [3.63, 3.8) is 0 Å². The van der Waals surface area contributed by atoms with Gasteiger partial charge in [-0.25, -0.2) is 9.78 Å². The number of anilines is 1. The summed E-state index contributed by atoms with van der Waals surface area (Å²) in [5.74, 6) is 0.379. The lowest BCUT2D eigenvalue weighted by molar-refractivity contribution is -0.144. The first-order valence-corrected chi connectivity index (χ1v) is 8.25. The molecule has 0 spiro atoms. The molecule has 0 aliphatic heterocycles. The fourth-order valence-electron chi connectivity index (χ4n) is 2.62. The van der Waals surface area contributed by atoms with E-state index in [4.69, 9.17) is 9.84 Å². The van der Waals surface area contributed by atoms with Gasteiger partial charge in [-0.2, -0.15) is 0 Å². The molecule has 1 heterocycles. The van der Waals surface area contributed by atoms with Crippen LogP contribution >= 0.6 is 0 Å². The van der Waals surface area contributed by atoms with Crippen LogP contribution in [0.1, 0.15) is 19.4 Å². The first-order chi connectivity index (χ1) is 12.1. The van der Waals surface area contributed by atoms with Crippen LogP contribution in [0.3, 0.4) is 0 Å². The van der Waals surface area contributed by atoms with Crippen LogP contribution in [0.5, 0.6) is 5.75 Å². The number of hydrogen-bond acceptors (Lipinski definition) is 4. The molecular formula is C19H21N3O3. The number of nitrogens with one attached hydrogen (secondary N) is 1. The number of rotatable bonds is 7. The van der Waals surface area contributed by atoms with E-state index in [1.54, 1.807) is 6.07 Å². The van der Waals surface area contributed by atoms with E-state index < -0.39 is 12.1 Å². The van der Waals surface area contributed by atoms with Crippen LogP contribution in [-0.2, 0) is 11.3 Å². The maximum Gasteiger partial charge on any atom is 0.344 e. The molecule has 0 amide bonds. The molecule has 0 aliphatic rings. The number of nitrogens with zero attached hydrogens (tertiary/aromatic N) is 2. The largest absolute Gasteiger partial charge is 0.479 e. The molecular weight excluding hydrogens is 318 g/mol. The maximum absolute atomic E-state index is 10.9. The van der Waals surface area contributed by atoms with Gasteiger partial charge in [-0.05, 0) is 43.7 Å². The number of aromatic nitrogens is 2. The van der Waals surface area contributed by atoms with Gasteiger partial charge in [-0.15, -0.1) is 0 Å². The fraction of sp³-hybridized carbons (Fsp3) is 0.263. The summed E-state index contributed by atoms with van der Waals surface area (Å²) < 4.78 is 5.44. The summed E-state index contributed by atoms with van der Waals surface area (Å²) in [6.45, 7) is 5.02. The Morgan fingerprint density at radius 2 is 2.08 bits per heavy atom. The van der Waals surface area contributed by atoms with Crippen molar-refractivity contribution in [1.29, 1.82) is 0 Å². The Labute approximate surface area is 146 Å². The zero-order chi connectivity index (χ0) is 17.8. The summed E-state index contributed by atoms with van der Waals surface area (Å²) in [6.07, 6.45) is -0.882. The van der Waals surface area contributed by atoms with Crippen molar-refractivity contribution in [1.82, 2.24) is 9.97 Å². The van der Waals surface area contributed by atoms with E-state index in [-0.39, 0.29) is 0 Å². The van der Waals surface area contributed by atoms with Crippen molar-refractivity contribution in [2.75, 3.05) is 11.4 Å². The maximum atomic E-state index is 10.9. The fourth-order valence-corrected chi connectivity index (χ4v) is 2.62. The highest BCUT2D eigenvalue weighted by Crippen LogP contribution is 2.21. The average molecular weight is 339 g/mol. The summed E-state index contributed by atoms with van der Waals surface area (Å²) >= 11 is 0. The second-order valence-corrected chi connectivity index (χ2v) is 5.84. The Morgan fingerprint density at radius 3 is 2.80 bits per heavy atom. The van der Waals surface area contributed by atoms with Gasteiger partial charge in [-0.1, -0.05) is 24.3 Å². The molecule has 0 saturated carbocycles. The highest BCUT2D eigenvalue weighted by molar-refractivity contribution is 5.77. The minimum atomic E-state index is -0.983. The molecule has 6 heteroatoms. The number of benzene rings is 2. The number of aliphatic carboxylic acids is 1. The van der Waals surface area contributed by atoms with E-state index in [9.17, 15) is 4.79 Å². The molecule has 1 atom stereocenters. The number of carboxylic acids is 1. The van der Waals surface area contributed by atoms with E-state index in [1.807, 2.05) is 42.5 Å². The van der Waals surface area contributed by atoms with E-state index in [2.05, 4.69) is 21.8 Å². The van der Waals surface area contributed by atoms with Crippen LogP contribution in [-0.4, -0.2) is 33.7 Å². The van der Waals surface area contributed by atoms with Crippen LogP contribution in [0.2, 0.25) is 0 Å². The Kier molecular flexibility index (Phi) is 4.88. The predicted octanol–water partition coefficient (Wildman–Crippen LogP) is 3.44. The molecule has 0 bridgehead atoms. The highest BCUT2D eigenvalue weighted by atomic mass is 16.5. The normalized spacial score (nSPS) is 12.1. The molecule has 0 aliphatic carbocycles. The van der Waals surface area contributed by atoms with Crippen molar-refractivity contribution in [2.24, 2.45) is 0 Å². The number of H-pyrrole nitrogens is 1. The molecule has 1 unspecified atom stereocenters. The van der Waals surface area contributed by atoms with Crippen LogP contribution in [0.4, 0.5) is 5.95 Å². The first-order valence-electron chi connectivity index (χ1n) is 8.25. The molecule has 3 aromatic rings. The van der Waals surface area contributed by atoms with Gasteiger partial charge in [0.15, 0.2) is 6.10 Å². The molecule has 6 nitrogen and oxygen atoms in total. The number of aromatic amines is 1. The molecule has 2 aromatic carbocycles. The summed E-state index contributed by atoms with van der Waals surface area (Å²) in [4.78, 5) is 21.0. The van der Waals surface area contributed by atoms with Gasteiger partial charge in [0, 0.05) is 13.1 Å². The van der Waals surface area contributed by atoms with E-state index >= 15 is 0 Å². The van der Waals surface area contributed by atoms with E-state index in [1.165, 1.54) is 6.92 Å². The van der Waals surface area contributed by atoms with Crippen LogP contribution in [0, 0.1) is 0 Å². The van der Waals surface area contributed by atoms with Gasteiger partial charge in [0.1, 0.15) is 5.75 Å². The third-order valence-electron chi connectivity index (χ3n) is 3.99. The number of fused-ring (bicyclic) bond motifs is 1. The third-order valence-corrected chi connectivity index (χ3v) is 3.99. The van der Waals surface area contributed by atoms with Gasteiger partial charge in [-0.3, -0.25) is 0 Å². The SMILES string of the molecule is CCN(Cc1cccc(OC(C)C(=O)O)c1)c1nc2ccccc2[nH]1. The minimum absolute atomic E-state index is 0.549. The number of para-hydroxylation sites is 2. The lowest BCUT2D eigenvalue weighted by atomic mass is 10.2. The molecule has 0 fully saturated rings. The number of carbonyl (C=O) groups is 1. The Bertz CT molecular complexity index is 842. The smallest absolute Gasteiger partial charge is 0.344 e. The van der Waals surface area contributed by atoms with Gasteiger partial charge in [0.25, 0.3) is 0 Å². The van der Waals surface area contributed by atoms with Gasteiger partial charge >= 0.3 is 5.97 Å². The molecule has 1 aromatic heterocycles. The lowest BCUT2D eigenvalue weighted by Crippen LogP contribution is -2.24. The molecule has 0 radical (unpaired) electrons. The molecule has 3 rings (SSSR count). The Balaban J connectivity index is 1.78. The van der Waals surface area contributed by atoms with Crippen molar-refractivity contribution in [2.45, 2.75) is 26.5 Å². The molecule has 25 heavy (non-hydrogen) atoms. The summed E-state index contributed by atoms with van der Waals surface area (Å²) in [6, 6.07) is 15.4. The van der Waals surface area contributed by atoms with Crippen LogP contribution in [0.15, 0.2) is 48.5 Å². The standard InChI is InChI=1S/C19H21N3O3/c1-3-22(19-20-16-9-4-5-10-17(16)21-19)12-14-7-6-8-15(11-14)25-13(2)18(23)24/h4-11,13H,3,12H2,1-2H3,(H,20,21)(H,23,24). The number of carboxylic acid groups (broad SMARTS) is 1. The number of hydrogen-bond donors (Lipinski definition) is 2. The Morgan fingerprint density at radius 1 is 1.28 bits per heavy atom. The quantitative estimate of drug-likeness (QED) is 0.689. The van der Waals surface area contributed by atoms with E-state index in [0.717, 1.165) is 29.1 Å². The first kappa shape index (κ1) is 16.8. The molecule has 2 N–H and O–H groups in total. The van der Waals surface area contributed by atoms with Crippen molar-refractivity contribution in [3.05, 3.63) is 54.1 Å². The predicted molar refractivity (Wildman–Crippen MR) is 97.0 cm³/mol. The monoisotopic (exact) mass is 339 g/mol. The summed E-state index contributed by atoms with van der Waals surface area (Å²) in [5, 5.41) is 8.97. The van der Waals surface area contributed by atoms with Gasteiger partial charge in [0.05, 0.1) is 11.0 Å². The second-order valence-electron chi connectivity index (χ2n) is 5.84. The molecule has 130 valence electrons. The topological polar surface area (TPSA) is 78.4 Å². The highest BCUT2D eigenvalue weighted by Gasteiger charge is 2.14. The van der Waals surface area contributed by atoms with Gasteiger partial charge < -0.3 is 19.7 Å². The van der Waals surface area contributed by atoms with Gasteiger partial charge in [0.2, 0.25) is 5.95 Å². The van der Waals surface area contributed by atoms with Crippen molar-refractivity contribution in [3.8, 4) is 5.75 Å². The van der Waals surface area contributed by atoms with Crippen molar-refractivity contribution >= 4 is 23.0 Å². The number of ether oxygens (including phenoxy) is 1. The van der Waals surface area contributed by atoms with Crippen LogP contribution in [0.25, 0.3) is 11.0 Å². The Hall–Kier alpha value is -3.02. The van der Waals surface area contributed by atoms with Crippen molar-refractivity contribution < 1.29 is 14.6 Å². The molecule has 0 saturated heterocycles. The van der Waals surface area contributed by atoms with Crippen LogP contribution < -0.4 is 9.64 Å². The lowest BCUT2D eigenvalue weighted by Gasteiger charge is -2.20. The zero-order valence-electron chi connectivity index (χ0n) is 14.3. The zero-order valence-corrected chi connectivity index (χ0v) is 14.3. The second kappa shape index (κ2) is 7.25. The minimum Gasteiger partial charge on any atom is -0.479 e. The summed E-state index contributed by atoms with van der Waals surface area (Å²) in [5.41, 5.74) is 2.96. The number of imidazole rings is 1. The van der Waals surface area contributed by atoms with E-state index in [0.29, 0.717) is 12.3 Å². The summed E-state index contributed by atoms with van der Waals surface area (Å²) in [7, 11) is 0.